The van der Waals surface area contributed by atoms with Crippen molar-refractivity contribution in [1.29, 1.82) is 0 Å². The van der Waals surface area contributed by atoms with Crippen LogP contribution in [-0.4, -0.2) is 41.3 Å². The molecule has 162 valence electrons. The van der Waals surface area contributed by atoms with Crippen LogP contribution in [0.2, 0.25) is 5.02 Å². The van der Waals surface area contributed by atoms with E-state index < -0.39 is 5.97 Å². The number of carbonyl (C=O) groups is 2. The van der Waals surface area contributed by atoms with Gasteiger partial charge in [0.1, 0.15) is 0 Å². The van der Waals surface area contributed by atoms with Crippen LogP contribution in [-0.2, 0) is 9.53 Å². The SMILES string of the molecule is CC(C)OC(=O)c1ccc(Cl)c(-c2ccc3[nH]nc(NC(=O)[C@@H]4CCCNC4)c3c2)c1. The average molecular weight is 441 g/mol. The molecule has 1 aliphatic heterocycles. The van der Waals surface area contributed by atoms with Crippen LogP contribution in [0.4, 0.5) is 5.82 Å². The average Bonchev–Trinajstić information content (AvgIpc) is 3.16. The van der Waals surface area contributed by atoms with Gasteiger partial charge in [-0.2, -0.15) is 5.10 Å². The highest BCUT2D eigenvalue weighted by molar-refractivity contribution is 6.33. The van der Waals surface area contributed by atoms with E-state index in [4.69, 9.17) is 16.3 Å². The van der Waals surface area contributed by atoms with Crippen LogP contribution in [0, 0.1) is 5.92 Å². The summed E-state index contributed by atoms with van der Waals surface area (Å²) in [5.41, 5.74) is 2.75. The number of benzene rings is 2. The van der Waals surface area contributed by atoms with Crippen molar-refractivity contribution in [1.82, 2.24) is 15.5 Å². The minimum absolute atomic E-state index is 0.0394. The van der Waals surface area contributed by atoms with Gasteiger partial charge in [-0.3, -0.25) is 9.89 Å². The second kappa shape index (κ2) is 9.08. The first-order valence-corrected chi connectivity index (χ1v) is 10.8. The number of carbonyl (C=O) groups excluding carboxylic acids is 2. The molecule has 1 atom stereocenters. The third-order valence-electron chi connectivity index (χ3n) is 5.33. The monoisotopic (exact) mass is 440 g/mol. The lowest BCUT2D eigenvalue weighted by molar-refractivity contribution is -0.120. The topological polar surface area (TPSA) is 96.1 Å². The van der Waals surface area contributed by atoms with Gasteiger partial charge in [-0.25, -0.2) is 4.79 Å². The predicted octanol–water partition coefficient (Wildman–Crippen LogP) is 4.39. The van der Waals surface area contributed by atoms with E-state index in [1.165, 1.54) is 0 Å². The number of anilines is 1. The number of halogens is 1. The van der Waals surface area contributed by atoms with Crippen molar-refractivity contribution >= 4 is 40.2 Å². The highest BCUT2D eigenvalue weighted by Gasteiger charge is 2.22. The molecule has 3 N–H and O–H groups in total. The molecule has 0 saturated carbocycles. The number of hydrogen-bond acceptors (Lipinski definition) is 5. The van der Waals surface area contributed by atoms with Gasteiger partial charge in [0.05, 0.1) is 23.1 Å². The molecule has 0 bridgehead atoms. The van der Waals surface area contributed by atoms with Crippen molar-refractivity contribution in [2.24, 2.45) is 5.92 Å². The summed E-state index contributed by atoms with van der Waals surface area (Å²) in [6.07, 6.45) is 1.64. The largest absolute Gasteiger partial charge is 0.459 e. The molecule has 7 nitrogen and oxygen atoms in total. The van der Waals surface area contributed by atoms with Gasteiger partial charge in [0.25, 0.3) is 0 Å². The van der Waals surface area contributed by atoms with Crippen LogP contribution < -0.4 is 10.6 Å². The maximum Gasteiger partial charge on any atom is 0.338 e. The molecule has 2 aromatic carbocycles. The Balaban J connectivity index is 1.64. The zero-order valence-electron chi connectivity index (χ0n) is 17.5. The van der Waals surface area contributed by atoms with Gasteiger partial charge >= 0.3 is 5.97 Å². The Labute approximate surface area is 185 Å². The number of rotatable bonds is 5. The molecule has 1 saturated heterocycles. The summed E-state index contributed by atoms with van der Waals surface area (Å²) in [6, 6.07) is 10.7. The third-order valence-corrected chi connectivity index (χ3v) is 5.66. The van der Waals surface area contributed by atoms with Crippen molar-refractivity contribution in [3.8, 4) is 11.1 Å². The van der Waals surface area contributed by atoms with Crippen LogP contribution in [0.25, 0.3) is 22.0 Å². The van der Waals surface area contributed by atoms with Crippen molar-refractivity contribution in [3.05, 3.63) is 47.0 Å². The number of piperidine rings is 1. The molecule has 1 fully saturated rings. The number of ether oxygens (including phenoxy) is 1. The van der Waals surface area contributed by atoms with Crippen molar-refractivity contribution in [2.75, 3.05) is 18.4 Å². The number of fused-ring (bicyclic) bond motifs is 1. The van der Waals surface area contributed by atoms with Gasteiger partial charge in [0, 0.05) is 22.5 Å². The summed E-state index contributed by atoms with van der Waals surface area (Å²) in [5.74, 6) is -0.0190. The molecule has 0 spiro atoms. The zero-order chi connectivity index (χ0) is 22.0. The molecule has 1 amide bonds. The highest BCUT2D eigenvalue weighted by atomic mass is 35.5. The standard InChI is InChI=1S/C23H25ClN4O3/c1-13(2)31-23(30)15-5-7-19(24)17(11-15)14-6-8-20-18(10-14)21(28-27-20)26-22(29)16-4-3-9-25-12-16/h5-8,10-11,13,16,25H,3-4,9,12H2,1-2H3,(H2,26,27,28,29)/t16-/m1/s1. The van der Waals surface area contributed by atoms with Gasteiger partial charge in [-0.1, -0.05) is 17.7 Å². The second-order valence-electron chi connectivity index (χ2n) is 8.01. The minimum Gasteiger partial charge on any atom is -0.459 e. The molecule has 3 aromatic rings. The number of nitrogens with zero attached hydrogens (tertiary/aromatic N) is 1. The van der Waals surface area contributed by atoms with Crippen LogP contribution in [0.3, 0.4) is 0 Å². The van der Waals surface area contributed by atoms with Gasteiger partial charge in [-0.05, 0) is 69.1 Å². The first-order chi connectivity index (χ1) is 14.9. The van der Waals surface area contributed by atoms with E-state index in [2.05, 4.69) is 20.8 Å². The lowest BCUT2D eigenvalue weighted by atomic mass is 9.98. The summed E-state index contributed by atoms with van der Waals surface area (Å²) in [7, 11) is 0. The van der Waals surface area contributed by atoms with Gasteiger partial charge in [-0.15, -0.1) is 0 Å². The Morgan fingerprint density at radius 3 is 2.81 bits per heavy atom. The van der Waals surface area contributed by atoms with E-state index in [1.807, 2.05) is 18.2 Å². The Morgan fingerprint density at radius 1 is 1.23 bits per heavy atom. The Hall–Kier alpha value is -2.90. The van der Waals surface area contributed by atoms with E-state index in [0.29, 0.717) is 28.5 Å². The number of esters is 1. The maximum atomic E-state index is 12.6. The quantitative estimate of drug-likeness (QED) is 0.511. The van der Waals surface area contributed by atoms with Gasteiger partial charge in [0.15, 0.2) is 5.82 Å². The van der Waals surface area contributed by atoms with Crippen molar-refractivity contribution in [2.45, 2.75) is 32.8 Å². The first-order valence-electron chi connectivity index (χ1n) is 10.4. The van der Waals surface area contributed by atoms with E-state index in [9.17, 15) is 9.59 Å². The van der Waals surface area contributed by atoms with E-state index in [0.717, 1.165) is 35.9 Å². The number of aromatic amines is 1. The summed E-state index contributed by atoms with van der Waals surface area (Å²) < 4.78 is 5.30. The summed E-state index contributed by atoms with van der Waals surface area (Å²) in [4.78, 5) is 25.0. The lowest BCUT2D eigenvalue weighted by Gasteiger charge is -2.21. The second-order valence-corrected chi connectivity index (χ2v) is 8.42. The Kier molecular flexibility index (Phi) is 6.25. The molecular formula is C23H25ClN4O3. The molecular weight excluding hydrogens is 416 g/mol. The van der Waals surface area contributed by atoms with Crippen LogP contribution in [0.1, 0.15) is 37.0 Å². The van der Waals surface area contributed by atoms with E-state index in [1.54, 1.807) is 32.0 Å². The number of H-pyrrole nitrogens is 1. The molecule has 1 aliphatic rings. The molecule has 1 aromatic heterocycles. The number of nitrogens with one attached hydrogen (secondary N) is 3. The fourth-order valence-electron chi connectivity index (χ4n) is 3.73. The van der Waals surface area contributed by atoms with Crippen LogP contribution >= 0.6 is 11.6 Å². The maximum absolute atomic E-state index is 12.6. The zero-order valence-corrected chi connectivity index (χ0v) is 18.3. The molecule has 0 radical (unpaired) electrons. The lowest BCUT2D eigenvalue weighted by Crippen LogP contribution is -2.37. The first kappa shape index (κ1) is 21.3. The molecule has 8 heteroatoms. The summed E-state index contributed by atoms with van der Waals surface area (Å²) in [6.45, 7) is 5.23. The number of amides is 1. The summed E-state index contributed by atoms with van der Waals surface area (Å²) >= 11 is 6.44. The fourth-order valence-corrected chi connectivity index (χ4v) is 3.95. The normalized spacial score (nSPS) is 16.5. The Morgan fingerprint density at radius 2 is 2.06 bits per heavy atom. The molecule has 4 rings (SSSR count). The van der Waals surface area contributed by atoms with Crippen molar-refractivity contribution < 1.29 is 14.3 Å². The fraction of sp³-hybridized carbons (Fsp3) is 0.348. The van der Waals surface area contributed by atoms with Gasteiger partial charge in [0.2, 0.25) is 5.91 Å². The van der Waals surface area contributed by atoms with Gasteiger partial charge < -0.3 is 15.4 Å². The Bertz CT molecular complexity index is 1120. The molecule has 0 aliphatic carbocycles. The predicted molar refractivity (Wildman–Crippen MR) is 121 cm³/mol. The number of aromatic nitrogens is 2. The third kappa shape index (κ3) is 4.73. The van der Waals surface area contributed by atoms with Crippen LogP contribution in [0.15, 0.2) is 36.4 Å². The summed E-state index contributed by atoms with van der Waals surface area (Å²) in [5, 5.41) is 14.7. The van der Waals surface area contributed by atoms with Crippen LogP contribution in [0.5, 0.6) is 0 Å². The van der Waals surface area contributed by atoms with E-state index >= 15 is 0 Å². The number of hydrogen-bond donors (Lipinski definition) is 3. The smallest absolute Gasteiger partial charge is 0.338 e. The molecule has 31 heavy (non-hydrogen) atoms. The van der Waals surface area contributed by atoms with Crippen molar-refractivity contribution in [3.63, 3.8) is 0 Å². The molecule has 0 unspecified atom stereocenters. The minimum atomic E-state index is -0.397. The molecule has 2 heterocycles. The van der Waals surface area contributed by atoms with E-state index in [-0.39, 0.29) is 17.9 Å². The highest BCUT2D eigenvalue weighted by Crippen LogP contribution is 2.33.